The standard InChI is InChI=1S/C18H23ClN4O2/c1-2-3-6-22-7-8-23-15(12-22)10-14(21-23)11-20-18(25)13-4-5-17(24)16(19)9-13/h4-5,9-10,24H,2-3,6-8,11-12H2,1H3,(H,20,25). The van der Waals surface area contributed by atoms with Gasteiger partial charge in [-0.25, -0.2) is 0 Å². The second-order valence-corrected chi connectivity index (χ2v) is 6.74. The number of hydrogen-bond donors (Lipinski definition) is 2. The maximum atomic E-state index is 12.2. The number of carbonyl (C=O) groups excluding carboxylic acids is 1. The van der Waals surface area contributed by atoms with Crippen LogP contribution in [0.2, 0.25) is 5.02 Å². The highest BCUT2D eigenvalue weighted by Crippen LogP contribution is 2.23. The zero-order chi connectivity index (χ0) is 17.8. The maximum absolute atomic E-state index is 12.2. The van der Waals surface area contributed by atoms with Crippen LogP contribution in [0.1, 0.15) is 41.5 Å². The van der Waals surface area contributed by atoms with E-state index in [0.717, 1.165) is 31.9 Å². The number of unbranched alkanes of at least 4 members (excludes halogenated alkanes) is 1. The van der Waals surface area contributed by atoms with E-state index in [9.17, 15) is 9.90 Å². The highest BCUT2D eigenvalue weighted by Gasteiger charge is 2.18. The summed E-state index contributed by atoms with van der Waals surface area (Å²) in [5.41, 5.74) is 2.46. The largest absolute Gasteiger partial charge is 0.506 e. The fourth-order valence-corrected chi connectivity index (χ4v) is 3.14. The molecule has 0 saturated carbocycles. The number of aromatic hydroxyl groups is 1. The van der Waals surface area contributed by atoms with E-state index in [1.807, 2.05) is 4.68 Å². The average molecular weight is 363 g/mol. The second kappa shape index (κ2) is 7.89. The third-order valence-electron chi connectivity index (χ3n) is 4.40. The minimum atomic E-state index is -0.238. The topological polar surface area (TPSA) is 70.4 Å². The van der Waals surface area contributed by atoms with Crippen LogP contribution >= 0.6 is 11.6 Å². The van der Waals surface area contributed by atoms with Crippen LogP contribution in [0.25, 0.3) is 0 Å². The average Bonchev–Trinajstić information content (AvgIpc) is 3.02. The van der Waals surface area contributed by atoms with Gasteiger partial charge in [0.2, 0.25) is 0 Å². The lowest BCUT2D eigenvalue weighted by atomic mass is 10.2. The van der Waals surface area contributed by atoms with Crippen LogP contribution in [0.5, 0.6) is 5.75 Å². The van der Waals surface area contributed by atoms with Gasteiger partial charge in [-0.2, -0.15) is 5.10 Å². The zero-order valence-corrected chi connectivity index (χ0v) is 15.1. The molecule has 0 unspecified atom stereocenters. The van der Waals surface area contributed by atoms with E-state index in [2.05, 4.69) is 28.3 Å². The van der Waals surface area contributed by atoms with E-state index in [1.165, 1.54) is 30.7 Å². The van der Waals surface area contributed by atoms with E-state index in [1.54, 1.807) is 6.07 Å². The van der Waals surface area contributed by atoms with Crippen molar-refractivity contribution in [3.05, 3.63) is 46.2 Å². The van der Waals surface area contributed by atoms with Crippen LogP contribution in [0, 0.1) is 0 Å². The molecule has 0 atom stereocenters. The number of aromatic nitrogens is 2. The van der Waals surface area contributed by atoms with Crippen molar-refractivity contribution < 1.29 is 9.90 Å². The van der Waals surface area contributed by atoms with Gasteiger partial charge in [0.1, 0.15) is 5.75 Å². The molecule has 2 heterocycles. The molecule has 0 radical (unpaired) electrons. The summed E-state index contributed by atoms with van der Waals surface area (Å²) in [4.78, 5) is 14.6. The molecule has 1 aliphatic rings. The predicted octanol–water partition coefficient (Wildman–Crippen LogP) is 2.79. The molecule has 2 N–H and O–H groups in total. The summed E-state index contributed by atoms with van der Waals surface area (Å²) in [7, 11) is 0. The van der Waals surface area contributed by atoms with E-state index in [0.29, 0.717) is 12.1 Å². The molecule has 6 nitrogen and oxygen atoms in total. The van der Waals surface area contributed by atoms with Crippen LogP contribution < -0.4 is 5.32 Å². The van der Waals surface area contributed by atoms with Gasteiger partial charge in [-0.05, 0) is 37.2 Å². The molecule has 134 valence electrons. The smallest absolute Gasteiger partial charge is 0.251 e. The third kappa shape index (κ3) is 4.32. The number of nitrogens with one attached hydrogen (secondary N) is 1. The van der Waals surface area contributed by atoms with Crippen molar-refractivity contribution in [1.29, 1.82) is 0 Å². The fourth-order valence-electron chi connectivity index (χ4n) is 2.96. The van der Waals surface area contributed by atoms with E-state index >= 15 is 0 Å². The quantitative estimate of drug-likeness (QED) is 0.829. The lowest BCUT2D eigenvalue weighted by Gasteiger charge is -2.27. The Morgan fingerprint density at radius 2 is 2.20 bits per heavy atom. The Bertz CT molecular complexity index is 760. The Hall–Kier alpha value is -2.05. The fraction of sp³-hybridized carbons (Fsp3) is 0.444. The number of phenolic OH excluding ortho intramolecular Hbond substituents is 1. The molecule has 1 aliphatic heterocycles. The van der Waals surface area contributed by atoms with Crippen LogP contribution in [-0.2, 0) is 19.6 Å². The molecule has 2 aromatic rings. The molecule has 0 bridgehead atoms. The number of rotatable bonds is 6. The number of phenols is 1. The van der Waals surface area contributed by atoms with Gasteiger partial charge in [-0.15, -0.1) is 0 Å². The van der Waals surface area contributed by atoms with Gasteiger partial charge in [0.05, 0.1) is 29.5 Å². The molecule has 25 heavy (non-hydrogen) atoms. The highest BCUT2D eigenvalue weighted by atomic mass is 35.5. The normalized spacial score (nSPS) is 14.3. The van der Waals surface area contributed by atoms with E-state index in [4.69, 9.17) is 11.6 Å². The minimum Gasteiger partial charge on any atom is -0.506 e. The number of benzene rings is 1. The Labute approximate surface area is 152 Å². The summed E-state index contributed by atoms with van der Waals surface area (Å²) in [6, 6.07) is 6.47. The van der Waals surface area contributed by atoms with Gasteiger partial charge in [0.25, 0.3) is 5.91 Å². The summed E-state index contributed by atoms with van der Waals surface area (Å²) in [5, 5.41) is 17.0. The molecular formula is C18H23ClN4O2. The molecule has 1 aromatic carbocycles. The third-order valence-corrected chi connectivity index (χ3v) is 4.70. The molecule has 0 fully saturated rings. The Balaban J connectivity index is 1.58. The molecule has 7 heteroatoms. The van der Waals surface area contributed by atoms with Crippen molar-refractivity contribution in [3.63, 3.8) is 0 Å². The van der Waals surface area contributed by atoms with Crippen molar-refractivity contribution in [2.24, 2.45) is 0 Å². The lowest BCUT2D eigenvalue weighted by molar-refractivity contribution is 0.0950. The summed E-state index contributed by atoms with van der Waals surface area (Å²) < 4.78 is 2.03. The van der Waals surface area contributed by atoms with Gasteiger partial charge in [-0.1, -0.05) is 24.9 Å². The van der Waals surface area contributed by atoms with Gasteiger partial charge in [0.15, 0.2) is 0 Å². The Morgan fingerprint density at radius 3 is 2.96 bits per heavy atom. The Kier molecular flexibility index (Phi) is 5.60. The summed E-state index contributed by atoms with van der Waals surface area (Å²) in [6.07, 6.45) is 2.42. The van der Waals surface area contributed by atoms with Crippen LogP contribution in [0.3, 0.4) is 0 Å². The molecule has 0 aliphatic carbocycles. The van der Waals surface area contributed by atoms with E-state index in [-0.39, 0.29) is 16.7 Å². The number of amides is 1. The first-order valence-electron chi connectivity index (χ1n) is 8.61. The lowest BCUT2D eigenvalue weighted by Crippen LogP contribution is -2.34. The molecule has 3 rings (SSSR count). The van der Waals surface area contributed by atoms with Crippen molar-refractivity contribution in [1.82, 2.24) is 20.0 Å². The van der Waals surface area contributed by atoms with Crippen LogP contribution in [-0.4, -0.2) is 38.8 Å². The molecule has 1 amide bonds. The summed E-state index contributed by atoms with van der Waals surface area (Å²) >= 11 is 5.84. The number of carbonyl (C=O) groups is 1. The number of halogens is 1. The Morgan fingerprint density at radius 1 is 1.36 bits per heavy atom. The number of fused-ring (bicyclic) bond motifs is 1. The number of nitrogens with zero attached hydrogens (tertiary/aromatic N) is 3. The first-order valence-corrected chi connectivity index (χ1v) is 8.99. The van der Waals surface area contributed by atoms with Crippen molar-refractivity contribution in [2.75, 3.05) is 13.1 Å². The summed E-state index contributed by atoms with van der Waals surface area (Å²) in [6.45, 7) is 6.51. The second-order valence-electron chi connectivity index (χ2n) is 6.33. The molecular weight excluding hydrogens is 340 g/mol. The molecule has 1 aromatic heterocycles. The maximum Gasteiger partial charge on any atom is 0.251 e. The molecule has 0 saturated heterocycles. The number of hydrogen-bond acceptors (Lipinski definition) is 4. The summed E-state index contributed by atoms with van der Waals surface area (Å²) in [5.74, 6) is -0.273. The zero-order valence-electron chi connectivity index (χ0n) is 14.3. The first kappa shape index (κ1) is 17.8. The minimum absolute atomic E-state index is 0.0346. The highest BCUT2D eigenvalue weighted by molar-refractivity contribution is 6.32. The monoisotopic (exact) mass is 362 g/mol. The SMILES string of the molecule is CCCCN1CCn2nc(CNC(=O)c3ccc(O)c(Cl)c3)cc2C1. The van der Waals surface area contributed by atoms with Crippen molar-refractivity contribution in [2.45, 2.75) is 39.4 Å². The van der Waals surface area contributed by atoms with Gasteiger partial charge < -0.3 is 10.4 Å². The van der Waals surface area contributed by atoms with Crippen molar-refractivity contribution >= 4 is 17.5 Å². The van der Waals surface area contributed by atoms with Gasteiger partial charge in [-0.3, -0.25) is 14.4 Å². The van der Waals surface area contributed by atoms with Gasteiger partial charge >= 0.3 is 0 Å². The van der Waals surface area contributed by atoms with Crippen LogP contribution in [0.4, 0.5) is 0 Å². The van der Waals surface area contributed by atoms with Gasteiger partial charge in [0, 0.05) is 18.7 Å². The first-order chi connectivity index (χ1) is 12.1. The predicted molar refractivity (Wildman–Crippen MR) is 96.7 cm³/mol. The van der Waals surface area contributed by atoms with E-state index < -0.39 is 0 Å². The van der Waals surface area contributed by atoms with Crippen LogP contribution in [0.15, 0.2) is 24.3 Å². The molecule has 0 spiro atoms. The van der Waals surface area contributed by atoms with Crippen molar-refractivity contribution in [3.8, 4) is 5.75 Å².